The predicted molar refractivity (Wildman–Crippen MR) is 134 cm³/mol. The van der Waals surface area contributed by atoms with Crippen LogP contribution in [0.2, 0.25) is 0 Å². The van der Waals surface area contributed by atoms with Crippen LogP contribution in [0.3, 0.4) is 0 Å². The van der Waals surface area contributed by atoms with Gasteiger partial charge in [-0.3, -0.25) is 4.79 Å². The number of thioether (sulfide) groups is 1. The molecular formula is C23H27IN4O2S. The normalized spacial score (nSPS) is 11.1. The molecule has 0 spiro atoms. The summed E-state index contributed by atoms with van der Waals surface area (Å²) in [7, 11) is 1.89. The highest BCUT2D eigenvalue weighted by Gasteiger charge is 2.14. The van der Waals surface area contributed by atoms with Gasteiger partial charge in [0, 0.05) is 16.3 Å². The van der Waals surface area contributed by atoms with E-state index in [0.29, 0.717) is 23.5 Å². The van der Waals surface area contributed by atoms with Crippen molar-refractivity contribution < 1.29 is 9.53 Å². The topological polar surface area (TPSA) is 69.0 Å². The third kappa shape index (κ3) is 6.22. The minimum Gasteiger partial charge on any atom is -0.485 e. The van der Waals surface area contributed by atoms with E-state index in [0.717, 1.165) is 26.1 Å². The van der Waals surface area contributed by atoms with Crippen molar-refractivity contribution in [2.45, 2.75) is 45.4 Å². The molecule has 3 rings (SSSR count). The summed E-state index contributed by atoms with van der Waals surface area (Å²) in [4.78, 5) is 12.4. The lowest BCUT2D eigenvalue weighted by Crippen LogP contribution is -2.15. The average molecular weight is 550 g/mol. The summed E-state index contributed by atoms with van der Waals surface area (Å²) < 4.78 is 9.09. The number of amides is 1. The quantitative estimate of drug-likeness (QED) is 0.298. The van der Waals surface area contributed by atoms with Gasteiger partial charge in [-0.1, -0.05) is 37.7 Å². The second kappa shape index (κ2) is 10.5. The number of hydrogen-bond donors (Lipinski definition) is 1. The standard InChI is InChI=1S/C23H27IN4O2S/c1-14(2)18-8-6-15(3)10-20(18)30-12-21-26-27-23(28(21)5)31-13-22(29)25-19-9-7-17(24)11-16(19)4/h6-11,14H,12-13H2,1-5H3,(H,25,29). The minimum atomic E-state index is -0.0727. The summed E-state index contributed by atoms with van der Waals surface area (Å²) in [6.45, 7) is 8.66. The molecule has 1 N–H and O–H groups in total. The Balaban J connectivity index is 1.59. The molecule has 0 atom stereocenters. The van der Waals surface area contributed by atoms with Crippen molar-refractivity contribution in [1.82, 2.24) is 14.8 Å². The van der Waals surface area contributed by atoms with Crippen molar-refractivity contribution in [2.75, 3.05) is 11.1 Å². The van der Waals surface area contributed by atoms with E-state index in [9.17, 15) is 4.79 Å². The van der Waals surface area contributed by atoms with Crippen molar-refractivity contribution in [3.63, 3.8) is 0 Å². The molecule has 0 fully saturated rings. The monoisotopic (exact) mass is 550 g/mol. The summed E-state index contributed by atoms with van der Waals surface area (Å²) in [6, 6.07) is 12.2. The van der Waals surface area contributed by atoms with Gasteiger partial charge in [0.2, 0.25) is 5.91 Å². The largest absolute Gasteiger partial charge is 0.485 e. The van der Waals surface area contributed by atoms with E-state index in [4.69, 9.17) is 4.74 Å². The van der Waals surface area contributed by atoms with Gasteiger partial charge in [0.05, 0.1) is 5.75 Å². The van der Waals surface area contributed by atoms with Gasteiger partial charge in [0.15, 0.2) is 11.0 Å². The Kier molecular flexibility index (Phi) is 7.99. The van der Waals surface area contributed by atoms with Crippen molar-refractivity contribution in [3.05, 3.63) is 62.5 Å². The molecule has 31 heavy (non-hydrogen) atoms. The number of anilines is 1. The van der Waals surface area contributed by atoms with Gasteiger partial charge < -0.3 is 14.6 Å². The molecule has 0 unspecified atom stereocenters. The smallest absolute Gasteiger partial charge is 0.234 e. The van der Waals surface area contributed by atoms with E-state index >= 15 is 0 Å². The highest BCUT2D eigenvalue weighted by Crippen LogP contribution is 2.28. The number of nitrogens with zero attached hydrogens (tertiary/aromatic N) is 3. The Morgan fingerprint density at radius 3 is 2.68 bits per heavy atom. The van der Waals surface area contributed by atoms with Gasteiger partial charge in [-0.15, -0.1) is 10.2 Å². The van der Waals surface area contributed by atoms with Crippen molar-refractivity contribution >= 4 is 45.9 Å². The first-order chi connectivity index (χ1) is 14.7. The summed E-state index contributed by atoms with van der Waals surface area (Å²) in [5, 5.41) is 12.1. The number of carbonyl (C=O) groups is 1. The zero-order chi connectivity index (χ0) is 22.5. The molecule has 1 amide bonds. The van der Waals surface area contributed by atoms with E-state index in [-0.39, 0.29) is 11.7 Å². The highest BCUT2D eigenvalue weighted by atomic mass is 127. The first-order valence-electron chi connectivity index (χ1n) is 10.0. The number of aromatic nitrogens is 3. The lowest BCUT2D eigenvalue weighted by Gasteiger charge is -2.14. The lowest BCUT2D eigenvalue weighted by molar-refractivity contribution is -0.113. The van der Waals surface area contributed by atoms with Crippen molar-refractivity contribution in [1.29, 1.82) is 0 Å². The van der Waals surface area contributed by atoms with Crippen LogP contribution in [0.5, 0.6) is 5.75 Å². The van der Waals surface area contributed by atoms with Gasteiger partial charge in [-0.2, -0.15) is 0 Å². The van der Waals surface area contributed by atoms with Crippen LogP contribution in [0, 0.1) is 17.4 Å². The molecule has 3 aromatic rings. The fourth-order valence-electron chi connectivity index (χ4n) is 3.07. The maximum atomic E-state index is 12.4. The van der Waals surface area contributed by atoms with Crippen LogP contribution in [0.4, 0.5) is 5.69 Å². The summed E-state index contributed by atoms with van der Waals surface area (Å²) in [5.41, 5.74) is 4.20. The maximum Gasteiger partial charge on any atom is 0.234 e. The van der Waals surface area contributed by atoms with E-state index in [2.05, 4.69) is 77.1 Å². The number of benzene rings is 2. The second-order valence-corrected chi connectivity index (χ2v) is 9.93. The van der Waals surface area contributed by atoms with E-state index < -0.39 is 0 Å². The Morgan fingerprint density at radius 2 is 1.97 bits per heavy atom. The zero-order valence-corrected chi connectivity index (χ0v) is 21.4. The number of ether oxygens (including phenoxy) is 1. The minimum absolute atomic E-state index is 0.0727. The molecule has 2 aromatic carbocycles. The van der Waals surface area contributed by atoms with Crippen LogP contribution >= 0.6 is 34.4 Å². The fraction of sp³-hybridized carbons (Fsp3) is 0.348. The van der Waals surface area contributed by atoms with Crippen LogP contribution in [0.25, 0.3) is 0 Å². The van der Waals surface area contributed by atoms with Gasteiger partial charge in [-0.05, 0) is 83.3 Å². The molecule has 8 heteroatoms. The summed E-state index contributed by atoms with van der Waals surface area (Å²) >= 11 is 3.61. The summed E-state index contributed by atoms with van der Waals surface area (Å²) in [6.07, 6.45) is 0. The molecule has 0 radical (unpaired) electrons. The Morgan fingerprint density at radius 1 is 1.19 bits per heavy atom. The van der Waals surface area contributed by atoms with Crippen LogP contribution in [-0.4, -0.2) is 26.4 Å². The van der Waals surface area contributed by atoms with Gasteiger partial charge in [0.25, 0.3) is 0 Å². The molecule has 0 saturated carbocycles. The average Bonchev–Trinajstić information content (AvgIpc) is 3.06. The van der Waals surface area contributed by atoms with Crippen molar-refractivity contribution in [2.24, 2.45) is 7.05 Å². The Labute approximate surface area is 201 Å². The van der Waals surface area contributed by atoms with E-state index in [1.54, 1.807) is 0 Å². The number of rotatable bonds is 8. The predicted octanol–water partition coefficient (Wildman–Crippen LogP) is 5.47. The molecule has 1 aromatic heterocycles. The highest BCUT2D eigenvalue weighted by molar-refractivity contribution is 14.1. The summed E-state index contributed by atoms with van der Waals surface area (Å²) in [5.74, 6) is 2.15. The van der Waals surface area contributed by atoms with E-state index in [1.807, 2.05) is 36.7 Å². The third-order valence-electron chi connectivity index (χ3n) is 4.87. The fourth-order valence-corrected chi connectivity index (χ4v) is 4.44. The van der Waals surface area contributed by atoms with E-state index in [1.165, 1.54) is 17.3 Å². The molecule has 164 valence electrons. The number of hydrogen-bond acceptors (Lipinski definition) is 5. The van der Waals surface area contributed by atoms with Crippen LogP contribution in [-0.2, 0) is 18.4 Å². The van der Waals surface area contributed by atoms with Crippen molar-refractivity contribution in [3.8, 4) is 5.75 Å². The third-order valence-corrected chi connectivity index (χ3v) is 6.56. The van der Waals surface area contributed by atoms with Gasteiger partial charge in [-0.25, -0.2) is 0 Å². The second-order valence-electron chi connectivity index (χ2n) is 7.74. The molecule has 6 nitrogen and oxygen atoms in total. The molecule has 0 bridgehead atoms. The maximum absolute atomic E-state index is 12.4. The number of nitrogens with one attached hydrogen (secondary N) is 1. The molecule has 0 aliphatic carbocycles. The Bertz CT molecular complexity index is 1080. The first-order valence-corrected chi connectivity index (χ1v) is 12.1. The van der Waals surface area contributed by atoms with Crippen LogP contribution in [0.1, 0.15) is 42.3 Å². The molecule has 0 saturated heterocycles. The first kappa shape index (κ1) is 23.6. The Hall–Kier alpha value is -2.07. The molecular weight excluding hydrogens is 523 g/mol. The molecule has 1 heterocycles. The lowest BCUT2D eigenvalue weighted by atomic mass is 10.0. The van der Waals surface area contributed by atoms with Crippen LogP contribution in [0.15, 0.2) is 41.6 Å². The number of aryl methyl sites for hydroxylation is 2. The van der Waals surface area contributed by atoms with Gasteiger partial charge in [0.1, 0.15) is 12.4 Å². The SMILES string of the molecule is Cc1ccc(C(C)C)c(OCc2nnc(SCC(=O)Nc3ccc(I)cc3C)n2C)c1. The van der Waals surface area contributed by atoms with Gasteiger partial charge >= 0.3 is 0 Å². The van der Waals surface area contributed by atoms with Crippen LogP contribution < -0.4 is 10.1 Å². The molecule has 0 aliphatic rings. The molecule has 0 aliphatic heterocycles. The number of halogens is 1. The number of carbonyl (C=O) groups excluding carboxylic acids is 1. The zero-order valence-electron chi connectivity index (χ0n) is 18.4.